The third-order valence-electron chi connectivity index (χ3n) is 3.39. The van der Waals surface area contributed by atoms with Crippen LogP contribution in [0, 0.1) is 0 Å². The number of hydrogen-bond donors (Lipinski definition) is 3. The zero-order chi connectivity index (χ0) is 17.4. The summed E-state index contributed by atoms with van der Waals surface area (Å²) in [4.78, 5) is 11.3. The van der Waals surface area contributed by atoms with Gasteiger partial charge in [0.2, 0.25) is 0 Å². The number of rotatable bonds is 3. The molecule has 3 N–H and O–H groups in total. The molecule has 0 atom stereocenters. The highest BCUT2D eigenvalue weighted by atomic mass is 16.4. The van der Waals surface area contributed by atoms with E-state index in [1.807, 2.05) is 60.7 Å². The summed E-state index contributed by atoms with van der Waals surface area (Å²) in [6.07, 6.45) is 0. The Kier molecular flexibility index (Phi) is 5.97. The molecule has 0 aliphatic rings. The van der Waals surface area contributed by atoms with E-state index in [9.17, 15) is 9.90 Å². The van der Waals surface area contributed by atoms with Gasteiger partial charge in [0, 0.05) is 0 Å². The number of carbonyl (C=O) groups is 1. The summed E-state index contributed by atoms with van der Waals surface area (Å²) in [7, 11) is 0. The largest absolute Gasteiger partial charge is 0.504 e. The van der Waals surface area contributed by atoms with Gasteiger partial charge in [-0.3, -0.25) is 4.79 Å². The maximum absolute atomic E-state index is 11.3. The Labute approximate surface area is 140 Å². The van der Waals surface area contributed by atoms with E-state index in [-0.39, 0.29) is 11.5 Å². The van der Waals surface area contributed by atoms with Gasteiger partial charge in [-0.25, -0.2) is 0 Å². The van der Waals surface area contributed by atoms with Crippen LogP contribution in [-0.4, -0.2) is 21.3 Å². The number of aliphatic carboxylic acids is 1. The minimum Gasteiger partial charge on any atom is -0.504 e. The molecule has 0 heterocycles. The first-order chi connectivity index (χ1) is 11.6. The van der Waals surface area contributed by atoms with Crippen LogP contribution < -0.4 is 0 Å². The highest BCUT2D eigenvalue weighted by Crippen LogP contribution is 2.24. The molecule has 122 valence electrons. The first-order valence-corrected chi connectivity index (χ1v) is 7.39. The number of hydrogen-bond acceptors (Lipinski definition) is 3. The smallest absolute Gasteiger partial charge is 0.315 e. The molecule has 0 spiro atoms. The lowest BCUT2D eigenvalue weighted by molar-refractivity contribution is -0.137. The molecule has 0 aromatic heterocycles. The van der Waals surface area contributed by atoms with Crippen molar-refractivity contribution in [3.05, 3.63) is 96.1 Å². The average molecular weight is 322 g/mol. The topological polar surface area (TPSA) is 77.8 Å². The molecular formula is C20H18O4. The van der Waals surface area contributed by atoms with Crippen LogP contribution in [0.1, 0.15) is 17.0 Å². The molecule has 0 radical (unpaired) electrons. The molecule has 0 unspecified atom stereocenters. The summed E-state index contributed by atoms with van der Waals surface area (Å²) in [5.74, 6) is -1.56. The fourth-order valence-corrected chi connectivity index (χ4v) is 2.23. The normalized spacial score (nSPS) is 9.88. The Balaban J connectivity index is 0.000000219. The maximum atomic E-state index is 11.3. The van der Waals surface area contributed by atoms with E-state index in [0.29, 0.717) is 0 Å². The molecule has 0 amide bonds. The third kappa shape index (κ3) is 4.61. The monoisotopic (exact) mass is 322 g/mol. The zero-order valence-corrected chi connectivity index (χ0v) is 12.9. The van der Waals surface area contributed by atoms with E-state index in [2.05, 4.69) is 0 Å². The highest BCUT2D eigenvalue weighted by molar-refractivity contribution is 5.80. The number of phenolic OH excluding ortho intramolecular Hbond substituents is 2. The number of phenols is 2. The molecule has 0 saturated heterocycles. The predicted molar refractivity (Wildman–Crippen MR) is 92.1 cm³/mol. The van der Waals surface area contributed by atoms with Crippen LogP contribution in [0.5, 0.6) is 11.5 Å². The molecule has 0 aliphatic heterocycles. The van der Waals surface area contributed by atoms with E-state index < -0.39 is 11.9 Å². The second kappa shape index (κ2) is 8.39. The van der Waals surface area contributed by atoms with Crippen molar-refractivity contribution in [1.29, 1.82) is 0 Å². The lowest BCUT2D eigenvalue weighted by Gasteiger charge is -2.12. The first kappa shape index (κ1) is 17.1. The standard InChI is InChI=1S/C14H12O2.C6H6O2/c15-14(16)13(11-7-3-1-4-8-11)12-9-5-2-6-10-12;7-5-3-1-2-4-6(5)8/h1-10,13H,(H,15,16);1-4,7-8H. The van der Waals surface area contributed by atoms with Crippen molar-refractivity contribution in [1.82, 2.24) is 0 Å². The number of benzene rings is 3. The van der Waals surface area contributed by atoms with E-state index in [4.69, 9.17) is 10.2 Å². The van der Waals surface area contributed by atoms with Crippen LogP contribution in [0.25, 0.3) is 0 Å². The predicted octanol–water partition coefficient (Wildman–Crippen LogP) is 4.00. The summed E-state index contributed by atoms with van der Waals surface area (Å²) in [5.41, 5.74) is 1.61. The lowest BCUT2D eigenvalue weighted by Crippen LogP contribution is -2.12. The lowest BCUT2D eigenvalue weighted by atomic mass is 9.92. The van der Waals surface area contributed by atoms with E-state index >= 15 is 0 Å². The fraction of sp³-hybridized carbons (Fsp3) is 0.0500. The first-order valence-electron chi connectivity index (χ1n) is 7.39. The summed E-state index contributed by atoms with van der Waals surface area (Å²) in [5, 5.41) is 26.6. The molecule has 0 saturated carbocycles. The Bertz CT molecular complexity index is 709. The molecule has 3 aromatic rings. The second-order valence-corrected chi connectivity index (χ2v) is 5.08. The quantitative estimate of drug-likeness (QED) is 0.637. The number of carboxylic acid groups (broad SMARTS) is 1. The van der Waals surface area contributed by atoms with Gasteiger partial charge < -0.3 is 15.3 Å². The molecule has 24 heavy (non-hydrogen) atoms. The molecule has 3 rings (SSSR count). The number of carboxylic acids is 1. The van der Waals surface area contributed by atoms with E-state index in [1.54, 1.807) is 12.1 Å². The van der Waals surface area contributed by atoms with Gasteiger partial charge in [-0.15, -0.1) is 0 Å². The van der Waals surface area contributed by atoms with Crippen LogP contribution in [0.4, 0.5) is 0 Å². The van der Waals surface area contributed by atoms with Gasteiger partial charge in [0.25, 0.3) is 0 Å². The molecule has 0 aliphatic carbocycles. The van der Waals surface area contributed by atoms with Crippen LogP contribution in [-0.2, 0) is 4.79 Å². The molecule has 4 heteroatoms. The molecule has 0 fully saturated rings. The summed E-state index contributed by atoms with van der Waals surface area (Å²) < 4.78 is 0. The third-order valence-corrected chi connectivity index (χ3v) is 3.39. The summed E-state index contributed by atoms with van der Waals surface area (Å²) >= 11 is 0. The van der Waals surface area contributed by atoms with Crippen molar-refractivity contribution < 1.29 is 20.1 Å². The Morgan fingerprint density at radius 1 is 0.625 bits per heavy atom. The van der Waals surface area contributed by atoms with Crippen molar-refractivity contribution in [2.24, 2.45) is 0 Å². The van der Waals surface area contributed by atoms with Crippen LogP contribution in [0.3, 0.4) is 0 Å². The highest BCUT2D eigenvalue weighted by Gasteiger charge is 2.21. The van der Waals surface area contributed by atoms with Crippen molar-refractivity contribution in [2.75, 3.05) is 0 Å². The Morgan fingerprint density at radius 3 is 1.25 bits per heavy atom. The van der Waals surface area contributed by atoms with Crippen LogP contribution >= 0.6 is 0 Å². The minimum absolute atomic E-state index is 0.0764. The van der Waals surface area contributed by atoms with E-state index in [0.717, 1.165) is 11.1 Å². The van der Waals surface area contributed by atoms with Gasteiger partial charge in [0.1, 0.15) is 5.92 Å². The van der Waals surface area contributed by atoms with Crippen molar-refractivity contribution >= 4 is 5.97 Å². The number of aromatic hydroxyl groups is 2. The fourth-order valence-electron chi connectivity index (χ4n) is 2.23. The van der Waals surface area contributed by atoms with Crippen molar-refractivity contribution in [2.45, 2.75) is 5.92 Å². The Hall–Kier alpha value is -3.27. The molecule has 4 nitrogen and oxygen atoms in total. The summed E-state index contributed by atoms with van der Waals surface area (Å²) in [6, 6.07) is 24.7. The Morgan fingerprint density at radius 2 is 0.958 bits per heavy atom. The van der Waals surface area contributed by atoms with Gasteiger partial charge in [0.15, 0.2) is 11.5 Å². The average Bonchev–Trinajstić information content (AvgIpc) is 2.60. The van der Waals surface area contributed by atoms with Crippen LogP contribution in [0.15, 0.2) is 84.9 Å². The van der Waals surface area contributed by atoms with Crippen molar-refractivity contribution in [3.63, 3.8) is 0 Å². The van der Waals surface area contributed by atoms with Gasteiger partial charge >= 0.3 is 5.97 Å². The molecular weight excluding hydrogens is 304 g/mol. The van der Waals surface area contributed by atoms with Gasteiger partial charge in [0.05, 0.1) is 0 Å². The molecule has 3 aromatic carbocycles. The molecule has 0 bridgehead atoms. The van der Waals surface area contributed by atoms with Gasteiger partial charge in [-0.05, 0) is 23.3 Å². The zero-order valence-electron chi connectivity index (χ0n) is 12.9. The minimum atomic E-state index is -0.822. The second-order valence-electron chi connectivity index (χ2n) is 5.08. The maximum Gasteiger partial charge on any atom is 0.315 e. The van der Waals surface area contributed by atoms with E-state index in [1.165, 1.54) is 12.1 Å². The van der Waals surface area contributed by atoms with Gasteiger partial charge in [-0.2, -0.15) is 0 Å². The van der Waals surface area contributed by atoms with Crippen LogP contribution in [0.2, 0.25) is 0 Å². The van der Waals surface area contributed by atoms with Crippen molar-refractivity contribution in [3.8, 4) is 11.5 Å². The SMILES string of the molecule is O=C(O)C(c1ccccc1)c1ccccc1.Oc1ccccc1O. The number of para-hydroxylation sites is 2. The van der Waals surface area contributed by atoms with Gasteiger partial charge in [-0.1, -0.05) is 72.8 Å². The summed E-state index contributed by atoms with van der Waals surface area (Å²) in [6.45, 7) is 0.